The molecule has 7 nitrogen and oxygen atoms in total. The maximum absolute atomic E-state index is 10.9. The van der Waals surface area contributed by atoms with Gasteiger partial charge in [-0.2, -0.15) is 0 Å². The van der Waals surface area contributed by atoms with Crippen molar-refractivity contribution in [2.24, 2.45) is 0 Å². The molecule has 4 N–H and O–H groups in total. The number of para-hydroxylation sites is 1. The molecule has 1 aromatic carbocycles. The summed E-state index contributed by atoms with van der Waals surface area (Å²) in [7, 11) is 0. The van der Waals surface area contributed by atoms with Crippen molar-refractivity contribution in [3.05, 3.63) is 29.8 Å². The average molecular weight is 284 g/mol. The molecule has 0 unspecified atom stereocenters. The van der Waals surface area contributed by atoms with Gasteiger partial charge in [0, 0.05) is 0 Å². The highest BCUT2D eigenvalue weighted by Gasteiger charge is 2.44. The summed E-state index contributed by atoms with van der Waals surface area (Å²) >= 11 is 0. The SMILES string of the molecule is O=Cc1ccccc1O[C@H]1O[C@@H](CO)[C@@H](O)[C@@H](O)[C@@H]1O. The van der Waals surface area contributed by atoms with Crippen LogP contribution in [-0.4, -0.2) is 64.0 Å². The van der Waals surface area contributed by atoms with Crippen molar-refractivity contribution in [1.29, 1.82) is 0 Å². The Morgan fingerprint density at radius 1 is 1.15 bits per heavy atom. The number of aliphatic hydroxyl groups is 4. The number of aldehydes is 1. The molecular weight excluding hydrogens is 268 g/mol. The number of hydrogen-bond donors (Lipinski definition) is 4. The van der Waals surface area contributed by atoms with Gasteiger partial charge in [0.1, 0.15) is 30.2 Å². The van der Waals surface area contributed by atoms with E-state index in [0.717, 1.165) is 0 Å². The van der Waals surface area contributed by atoms with E-state index in [0.29, 0.717) is 6.29 Å². The zero-order valence-corrected chi connectivity index (χ0v) is 10.5. The molecule has 0 spiro atoms. The quantitative estimate of drug-likeness (QED) is 0.507. The maximum atomic E-state index is 10.9. The molecule has 1 heterocycles. The first-order valence-electron chi connectivity index (χ1n) is 6.10. The molecular formula is C13H16O7. The van der Waals surface area contributed by atoms with Crippen LogP contribution in [0, 0.1) is 0 Å². The predicted octanol–water partition coefficient (Wildman–Crippen LogP) is -1.32. The summed E-state index contributed by atoms with van der Waals surface area (Å²) in [6, 6.07) is 6.30. The number of benzene rings is 1. The van der Waals surface area contributed by atoms with Crippen molar-refractivity contribution in [1.82, 2.24) is 0 Å². The molecule has 7 heteroatoms. The van der Waals surface area contributed by atoms with Crippen LogP contribution in [0.1, 0.15) is 10.4 Å². The van der Waals surface area contributed by atoms with Crippen LogP contribution >= 0.6 is 0 Å². The molecule has 1 aliphatic rings. The smallest absolute Gasteiger partial charge is 0.229 e. The average Bonchev–Trinajstić information content (AvgIpc) is 2.48. The topological polar surface area (TPSA) is 116 Å². The zero-order valence-electron chi connectivity index (χ0n) is 10.5. The van der Waals surface area contributed by atoms with Crippen molar-refractivity contribution in [2.75, 3.05) is 6.61 Å². The molecule has 1 aromatic rings. The number of carbonyl (C=O) groups excluding carboxylic acids is 1. The highest BCUT2D eigenvalue weighted by molar-refractivity contribution is 5.79. The van der Waals surface area contributed by atoms with E-state index < -0.39 is 37.3 Å². The Labute approximate surface area is 115 Å². The number of ether oxygens (including phenoxy) is 2. The number of hydrogen-bond acceptors (Lipinski definition) is 7. The first-order chi connectivity index (χ1) is 9.58. The summed E-state index contributed by atoms with van der Waals surface area (Å²) in [5.41, 5.74) is 0.254. The Morgan fingerprint density at radius 3 is 2.50 bits per heavy atom. The Bertz CT molecular complexity index is 462. The standard InChI is InChI=1S/C13H16O7/c14-5-7-3-1-2-4-8(7)19-13-12(18)11(17)10(16)9(6-15)20-13/h1-5,9-13,15-18H,6H2/t9-,10+,11+,12-,13-/m0/s1. The normalized spacial score (nSPS) is 33.7. The first kappa shape index (κ1) is 14.9. The first-order valence-corrected chi connectivity index (χ1v) is 6.10. The van der Waals surface area contributed by atoms with E-state index in [9.17, 15) is 20.1 Å². The van der Waals surface area contributed by atoms with Gasteiger partial charge >= 0.3 is 0 Å². The van der Waals surface area contributed by atoms with Crippen molar-refractivity contribution in [3.63, 3.8) is 0 Å². The van der Waals surface area contributed by atoms with E-state index in [2.05, 4.69) is 0 Å². The highest BCUT2D eigenvalue weighted by Crippen LogP contribution is 2.25. The van der Waals surface area contributed by atoms with Gasteiger partial charge in [-0.1, -0.05) is 12.1 Å². The lowest BCUT2D eigenvalue weighted by atomic mass is 9.99. The molecule has 1 saturated heterocycles. The largest absolute Gasteiger partial charge is 0.461 e. The fourth-order valence-corrected chi connectivity index (χ4v) is 1.98. The fraction of sp³-hybridized carbons (Fsp3) is 0.462. The summed E-state index contributed by atoms with van der Waals surface area (Å²) in [4.78, 5) is 10.9. The molecule has 0 bridgehead atoms. The van der Waals surface area contributed by atoms with E-state index in [-0.39, 0.29) is 11.3 Å². The van der Waals surface area contributed by atoms with Gasteiger partial charge in [-0.05, 0) is 12.1 Å². The Balaban J connectivity index is 2.17. The van der Waals surface area contributed by atoms with Gasteiger partial charge in [0.2, 0.25) is 6.29 Å². The maximum Gasteiger partial charge on any atom is 0.229 e. The van der Waals surface area contributed by atoms with Gasteiger partial charge in [0.15, 0.2) is 6.29 Å². The summed E-state index contributed by atoms with van der Waals surface area (Å²) in [5.74, 6) is 0.173. The van der Waals surface area contributed by atoms with E-state index in [4.69, 9.17) is 14.6 Å². The van der Waals surface area contributed by atoms with Crippen LogP contribution in [0.25, 0.3) is 0 Å². The lowest BCUT2D eigenvalue weighted by molar-refractivity contribution is -0.277. The number of carbonyl (C=O) groups is 1. The second-order valence-corrected chi connectivity index (χ2v) is 4.47. The van der Waals surface area contributed by atoms with Gasteiger partial charge in [-0.3, -0.25) is 4.79 Å². The van der Waals surface area contributed by atoms with Crippen LogP contribution in [0.3, 0.4) is 0 Å². The lowest BCUT2D eigenvalue weighted by Gasteiger charge is -2.39. The van der Waals surface area contributed by atoms with Crippen LogP contribution in [0.15, 0.2) is 24.3 Å². The third kappa shape index (κ3) is 2.82. The second kappa shape index (κ2) is 6.29. The van der Waals surface area contributed by atoms with Gasteiger partial charge < -0.3 is 29.9 Å². The van der Waals surface area contributed by atoms with E-state index >= 15 is 0 Å². The fourth-order valence-electron chi connectivity index (χ4n) is 1.98. The molecule has 0 saturated carbocycles. The minimum absolute atomic E-state index is 0.173. The van der Waals surface area contributed by atoms with Crippen molar-refractivity contribution in [2.45, 2.75) is 30.7 Å². The van der Waals surface area contributed by atoms with Crippen molar-refractivity contribution < 1.29 is 34.7 Å². The molecule has 110 valence electrons. The monoisotopic (exact) mass is 284 g/mol. The predicted molar refractivity (Wildman–Crippen MR) is 66.2 cm³/mol. The Hall–Kier alpha value is -1.51. The van der Waals surface area contributed by atoms with Gasteiger partial charge in [-0.15, -0.1) is 0 Å². The molecule has 2 rings (SSSR count). The molecule has 0 radical (unpaired) electrons. The third-order valence-corrected chi connectivity index (χ3v) is 3.14. The Morgan fingerprint density at radius 2 is 1.85 bits per heavy atom. The van der Waals surface area contributed by atoms with Gasteiger partial charge in [0.05, 0.1) is 12.2 Å². The molecule has 20 heavy (non-hydrogen) atoms. The summed E-state index contributed by atoms with van der Waals surface area (Å²) < 4.78 is 10.5. The molecule has 1 fully saturated rings. The van der Waals surface area contributed by atoms with Gasteiger partial charge in [0.25, 0.3) is 0 Å². The molecule has 5 atom stereocenters. The van der Waals surface area contributed by atoms with Crippen LogP contribution in [-0.2, 0) is 4.74 Å². The van der Waals surface area contributed by atoms with Crippen LogP contribution in [0.5, 0.6) is 5.75 Å². The highest BCUT2D eigenvalue weighted by atomic mass is 16.7. The van der Waals surface area contributed by atoms with Crippen LogP contribution in [0.4, 0.5) is 0 Å². The van der Waals surface area contributed by atoms with Gasteiger partial charge in [-0.25, -0.2) is 0 Å². The summed E-state index contributed by atoms with van der Waals surface area (Å²) in [5, 5.41) is 38.1. The van der Waals surface area contributed by atoms with E-state index in [1.54, 1.807) is 12.1 Å². The third-order valence-electron chi connectivity index (χ3n) is 3.14. The van der Waals surface area contributed by atoms with E-state index in [1.165, 1.54) is 12.1 Å². The molecule has 1 aliphatic heterocycles. The minimum Gasteiger partial charge on any atom is -0.461 e. The van der Waals surface area contributed by atoms with Crippen molar-refractivity contribution >= 4 is 6.29 Å². The number of aliphatic hydroxyl groups excluding tert-OH is 4. The summed E-state index contributed by atoms with van der Waals surface area (Å²) in [6.45, 7) is -0.542. The Kier molecular flexibility index (Phi) is 4.69. The summed E-state index contributed by atoms with van der Waals surface area (Å²) in [6.07, 6.45) is -6.24. The minimum atomic E-state index is -1.52. The van der Waals surface area contributed by atoms with Crippen LogP contribution in [0.2, 0.25) is 0 Å². The van der Waals surface area contributed by atoms with Crippen molar-refractivity contribution in [3.8, 4) is 5.75 Å². The number of rotatable bonds is 4. The second-order valence-electron chi connectivity index (χ2n) is 4.47. The van der Waals surface area contributed by atoms with E-state index in [1.807, 2.05) is 0 Å². The molecule has 0 aliphatic carbocycles. The lowest BCUT2D eigenvalue weighted by Crippen LogP contribution is -2.60. The van der Waals surface area contributed by atoms with Crippen LogP contribution < -0.4 is 4.74 Å². The zero-order chi connectivity index (χ0) is 14.7. The molecule has 0 amide bonds. The molecule has 0 aromatic heterocycles.